The summed E-state index contributed by atoms with van der Waals surface area (Å²) in [5, 5.41) is 23.2. The molecule has 0 aliphatic rings. The van der Waals surface area contributed by atoms with Crippen molar-refractivity contribution in [3.8, 4) is 5.69 Å². The van der Waals surface area contributed by atoms with Crippen LogP contribution in [0.4, 0.5) is 11.4 Å². The Morgan fingerprint density at radius 2 is 1.86 bits per heavy atom. The van der Waals surface area contributed by atoms with Gasteiger partial charge < -0.3 is 5.32 Å². The third-order valence-corrected chi connectivity index (χ3v) is 7.01. The van der Waals surface area contributed by atoms with Crippen LogP contribution in [0, 0.1) is 10.1 Å². The third kappa shape index (κ3) is 4.66. The first-order valence-electron chi connectivity index (χ1n) is 11.2. The molecular weight excluding hydrogens is 516 g/mol. The van der Waals surface area contributed by atoms with Gasteiger partial charge in [-0.2, -0.15) is 0 Å². The van der Waals surface area contributed by atoms with Gasteiger partial charge in [0.2, 0.25) is 11.7 Å². The lowest BCUT2D eigenvalue weighted by molar-refractivity contribution is -0.384. The Bertz CT molecular complexity index is 1730. The number of thioether (sulfide) groups is 1. The maximum absolute atomic E-state index is 13.4. The number of nitro groups is 1. The molecule has 0 saturated heterocycles. The molecule has 37 heavy (non-hydrogen) atoms. The van der Waals surface area contributed by atoms with Crippen LogP contribution in [0.1, 0.15) is 12.5 Å². The maximum atomic E-state index is 13.4. The smallest absolute Gasteiger partial charge is 0.289 e. The van der Waals surface area contributed by atoms with Gasteiger partial charge in [0.25, 0.3) is 11.2 Å². The Morgan fingerprint density at radius 3 is 2.59 bits per heavy atom. The van der Waals surface area contributed by atoms with Gasteiger partial charge in [-0.05, 0) is 48.4 Å². The number of aryl methyl sites for hydroxylation is 1. The molecular formula is C25H19ClN6O4S. The van der Waals surface area contributed by atoms with E-state index in [0.29, 0.717) is 27.5 Å². The second kappa shape index (κ2) is 10.0. The normalized spacial score (nSPS) is 11.2. The van der Waals surface area contributed by atoms with E-state index in [9.17, 15) is 19.7 Å². The Hall–Kier alpha value is -4.22. The van der Waals surface area contributed by atoms with Gasteiger partial charge in [-0.15, -0.1) is 10.2 Å². The minimum atomic E-state index is -0.616. The number of nitro benzene ring substituents is 1. The fourth-order valence-corrected chi connectivity index (χ4v) is 4.87. The first kappa shape index (κ1) is 24.5. The van der Waals surface area contributed by atoms with E-state index in [0.717, 1.165) is 23.7 Å². The lowest BCUT2D eigenvalue weighted by Crippen LogP contribution is -2.22. The van der Waals surface area contributed by atoms with Crippen molar-refractivity contribution < 1.29 is 9.72 Å². The van der Waals surface area contributed by atoms with Gasteiger partial charge in [0.15, 0.2) is 5.16 Å². The van der Waals surface area contributed by atoms with Crippen LogP contribution in [-0.4, -0.2) is 35.7 Å². The second-order valence-corrected chi connectivity index (χ2v) is 9.41. The van der Waals surface area contributed by atoms with E-state index in [1.54, 1.807) is 22.6 Å². The lowest BCUT2D eigenvalue weighted by Gasteiger charge is -2.12. The molecule has 1 amide bonds. The van der Waals surface area contributed by atoms with Gasteiger partial charge in [0.05, 0.1) is 27.3 Å². The molecule has 0 saturated carbocycles. The molecule has 10 nitrogen and oxygen atoms in total. The number of carbonyl (C=O) groups excluding carboxylic acids is 1. The van der Waals surface area contributed by atoms with Gasteiger partial charge in [-0.1, -0.05) is 54.6 Å². The molecule has 0 fully saturated rings. The fourth-order valence-electron chi connectivity index (χ4n) is 3.94. The molecule has 2 aromatic heterocycles. The van der Waals surface area contributed by atoms with Gasteiger partial charge in [0, 0.05) is 11.8 Å². The zero-order valence-corrected chi connectivity index (χ0v) is 21.0. The van der Waals surface area contributed by atoms with Gasteiger partial charge in [0.1, 0.15) is 5.02 Å². The maximum Gasteiger partial charge on any atom is 0.289 e. The van der Waals surface area contributed by atoms with E-state index in [2.05, 4.69) is 22.4 Å². The Balaban J connectivity index is 1.49. The number of carbonyl (C=O) groups is 1. The monoisotopic (exact) mass is 534 g/mol. The number of anilines is 1. The molecule has 0 aliphatic heterocycles. The van der Waals surface area contributed by atoms with E-state index in [-0.39, 0.29) is 27.7 Å². The van der Waals surface area contributed by atoms with Crippen molar-refractivity contribution in [3.63, 3.8) is 0 Å². The zero-order chi connectivity index (χ0) is 26.1. The summed E-state index contributed by atoms with van der Waals surface area (Å²) in [4.78, 5) is 36.6. The van der Waals surface area contributed by atoms with Crippen molar-refractivity contribution in [3.05, 3.63) is 97.8 Å². The van der Waals surface area contributed by atoms with Crippen LogP contribution < -0.4 is 10.9 Å². The molecule has 5 aromatic rings. The average Bonchev–Trinajstić information content (AvgIpc) is 3.32. The number of nitrogens with one attached hydrogen (secondary N) is 1. The number of fused-ring (bicyclic) bond motifs is 3. The molecule has 0 aliphatic carbocycles. The molecule has 12 heteroatoms. The quantitative estimate of drug-likeness (QED) is 0.179. The molecule has 5 rings (SSSR count). The number of nitrogens with zero attached hydrogens (tertiary/aromatic N) is 5. The van der Waals surface area contributed by atoms with Crippen LogP contribution in [-0.2, 0) is 11.2 Å². The number of hydrogen-bond donors (Lipinski definition) is 1. The molecule has 0 unspecified atom stereocenters. The summed E-state index contributed by atoms with van der Waals surface area (Å²) in [6.07, 6.45) is 0.874. The van der Waals surface area contributed by atoms with Crippen LogP contribution in [0.2, 0.25) is 5.02 Å². The summed E-state index contributed by atoms with van der Waals surface area (Å²) >= 11 is 6.97. The van der Waals surface area contributed by atoms with E-state index in [1.807, 2.05) is 30.3 Å². The standard InChI is InChI=1S/C25H19ClN6O4S/c1-2-15-7-10-17(11-8-15)30-23(34)18-5-3-4-6-20(18)31-24(30)28-29-25(31)37-14-22(33)27-16-9-12-19(26)21(13-16)32(35)36/h3-13H,2,14H2,1H3,(H,27,33). The fraction of sp³-hybridized carbons (Fsp3) is 0.120. The summed E-state index contributed by atoms with van der Waals surface area (Å²) in [5.41, 5.74) is 2.14. The highest BCUT2D eigenvalue weighted by Gasteiger charge is 2.19. The lowest BCUT2D eigenvalue weighted by atomic mass is 10.1. The number of benzene rings is 3. The average molecular weight is 535 g/mol. The van der Waals surface area contributed by atoms with Crippen LogP contribution in [0.5, 0.6) is 0 Å². The number of para-hydroxylation sites is 1. The Kier molecular flexibility index (Phi) is 6.64. The number of aromatic nitrogens is 4. The van der Waals surface area contributed by atoms with Crippen molar-refractivity contribution >= 4 is 57.3 Å². The number of amides is 1. The van der Waals surface area contributed by atoms with Crippen LogP contribution in [0.15, 0.2) is 76.7 Å². The highest BCUT2D eigenvalue weighted by molar-refractivity contribution is 7.99. The Labute approximate surface area is 219 Å². The van der Waals surface area contributed by atoms with Crippen molar-refractivity contribution in [2.45, 2.75) is 18.5 Å². The third-order valence-electron chi connectivity index (χ3n) is 5.76. The zero-order valence-electron chi connectivity index (χ0n) is 19.4. The van der Waals surface area contributed by atoms with E-state index in [1.165, 1.54) is 22.8 Å². The molecule has 186 valence electrons. The summed E-state index contributed by atoms with van der Waals surface area (Å²) < 4.78 is 3.25. The van der Waals surface area contributed by atoms with E-state index >= 15 is 0 Å². The van der Waals surface area contributed by atoms with Crippen molar-refractivity contribution in [2.24, 2.45) is 0 Å². The summed E-state index contributed by atoms with van der Waals surface area (Å²) in [5.74, 6) is -0.120. The molecule has 1 N–H and O–H groups in total. The number of hydrogen-bond acceptors (Lipinski definition) is 7. The van der Waals surface area contributed by atoms with Crippen molar-refractivity contribution in [1.29, 1.82) is 0 Å². The minimum absolute atomic E-state index is 0.0189. The molecule has 3 aromatic carbocycles. The predicted molar refractivity (Wildman–Crippen MR) is 143 cm³/mol. The molecule has 0 radical (unpaired) electrons. The van der Waals surface area contributed by atoms with Crippen molar-refractivity contribution in [2.75, 3.05) is 11.1 Å². The van der Waals surface area contributed by atoms with E-state index in [4.69, 9.17) is 11.6 Å². The van der Waals surface area contributed by atoms with Crippen LogP contribution in [0.25, 0.3) is 22.4 Å². The minimum Gasteiger partial charge on any atom is -0.325 e. The van der Waals surface area contributed by atoms with Gasteiger partial charge >= 0.3 is 0 Å². The largest absolute Gasteiger partial charge is 0.325 e. The summed E-state index contributed by atoms with van der Waals surface area (Å²) in [6, 6.07) is 18.9. The predicted octanol–water partition coefficient (Wildman–Crippen LogP) is 4.89. The number of rotatable bonds is 7. The van der Waals surface area contributed by atoms with Crippen molar-refractivity contribution in [1.82, 2.24) is 19.2 Å². The molecule has 0 bridgehead atoms. The van der Waals surface area contributed by atoms with E-state index < -0.39 is 10.8 Å². The summed E-state index contributed by atoms with van der Waals surface area (Å²) in [7, 11) is 0. The SMILES string of the molecule is CCc1ccc(-n2c(=O)c3ccccc3n3c(SCC(=O)Nc4ccc(Cl)c([N+](=O)[O-])c4)nnc23)cc1. The van der Waals surface area contributed by atoms with Crippen LogP contribution in [0.3, 0.4) is 0 Å². The molecule has 0 atom stereocenters. The molecule has 2 heterocycles. The van der Waals surface area contributed by atoms with Gasteiger partial charge in [-0.25, -0.2) is 4.57 Å². The van der Waals surface area contributed by atoms with Crippen LogP contribution >= 0.6 is 23.4 Å². The Morgan fingerprint density at radius 1 is 1.11 bits per heavy atom. The summed E-state index contributed by atoms with van der Waals surface area (Å²) in [6.45, 7) is 2.06. The topological polar surface area (TPSA) is 124 Å². The number of halogens is 1. The first-order valence-corrected chi connectivity index (χ1v) is 12.6. The first-order chi connectivity index (χ1) is 17.9. The van der Waals surface area contributed by atoms with Gasteiger partial charge in [-0.3, -0.25) is 24.1 Å². The highest BCUT2D eigenvalue weighted by Crippen LogP contribution is 2.28. The second-order valence-electron chi connectivity index (χ2n) is 8.06. The molecule has 0 spiro atoms. The highest BCUT2D eigenvalue weighted by atomic mass is 35.5.